The van der Waals surface area contributed by atoms with Gasteiger partial charge in [-0.2, -0.15) is 9.61 Å². The quantitative estimate of drug-likeness (QED) is 0.441. The predicted molar refractivity (Wildman–Crippen MR) is 99.9 cm³/mol. The number of thioether (sulfide) groups is 1. The largest absolute Gasteiger partial charge is 0.212 e. The second kappa shape index (κ2) is 6.93. The molecule has 25 heavy (non-hydrogen) atoms. The first-order valence-corrected chi connectivity index (χ1v) is 9.32. The van der Waals surface area contributed by atoms with E-state index in [-0.39, 0.29) is 5.82 Å². The summed E-state index contributed by atoms with van der Waals surface area (Å²) in [6.07, 6.45) is 0. The van der Waals surface area contributed by atoms with Gasteiger partial charge >= 0.3 is 0 Å². The van der Waals surface area contributed by atoms with Crippen LogP contribution in [-0.2, 0) is 5.75 Å². The highest BCUT2D eigenvalue weighted by molar-refractivity contribution is 9.10. The van der Waals surface area contributed by atoms with Crippen molar-refractivity contribution in [3.05, 3.63) is 76.5 Å². The monoisotopic (exact) mass is 414 g/mol. The molecule has 0 saturated carbocycles. The maximum Gasteiger partial charge on any atom is 0.212 e. The van der Waals surface area contributed by atoms with Crippen LogP contribution in [0.25, 0.3) is 16.9 Å². The Hall–Kier alpha value is -2.25. The molecule has 0 aliphatic heterocycles. The molecule has 0 bridgehead atoms. The lowest BCUT2D eigenvalue weighted by Crippen LogP contribution is -1.96. The molecule has 4 rings (SSSR count). The number of benzene rings is 2. The first kappa shape index (κ1) is 16.2. The molecule has 0 aliphatic carbocycles. The van der Waals surface area contributed by atoms with Crippen LogP contribution in [0.5, 0.6) is 0 Å². The normalized spacial score (nSPS) is 11.1. The first-order chi connectivity index (χ1) is 12.2. The summed E-state index contributed by atoms with van der Waals surface area (Å²) in [5.41, 5.74) is 3.43. The highest BCUT2D eigenvalue weighted by Gasteiger charge is 2.10. The van der Waals surface area contributed by atoms with Crippen molar-refractivity contribution in [1.82, 2.24) is 19.8 Å². The number of rotatable bonds is 4. The van der Waals surface area contributed by atoms with Gasteiger partial charge in [0, 0.05) is 15.8 Å². The first-order valence-electron chi connectivity index (χ1n) is 7.55. The average molecular weight is 415 g/mol. The second-order valence-electron chi connectivity index (χ2n) is 5.40. The van der Waals surface area contributed by atoms with Crippen molar-refractivity contribution in [2.75, 3.05) is 0 Å². The fraction of sp³-hybridized carbons (Fsp3) is 0.0556. The third-order valence-corrected chi connectivity index (χ3v) is 5.15. The van der Waals surface area contributed by atoms with Crippen molar-refractivity contribution < 1.29 is 4.39 Å². The third-order valence-electron chi connectivity index (χ3n) is 3.63. The van der Waals surface area contributed by atoms with Crippen LogP contribution >= 0.6 is 27.7 Å². The average Bonchev–Trinajstić information content (AvgIpc) is 3.03. The fourth-order valence-corrected chi connectivity index (χ4v) is 3.50. The van der Waals surface area contributed by atoms with E-state index < -0.39 is 0 Å². The van der Waals surface area contributed by atoms with E-state index in [9.17, 15) is 4.39 Å². The van der Waals surface area contributed by atoms with Gasteiger partial charge in [-0.3, -0.25) is 0 Å². The van der Waals surface area contributed by atoms with Gasteiger partial charge in [0.1, 0.15) is 5.82 Å². The summed E-state index contributed by atoms with van der Waals surface area (Å²) in [6.45, 7) is 0. The molecule has 7 heteroatoms. The van der Waals surface area contributed by atoms with E-state index >= 15 is 0 Å². The van der Waals surface area contributed by atoms with Crippen molar-refractivity contribution in [3.8, 4) is 11.3 Å². The van der Waals surface area contributed by atoms with Gasteiger partial charge in [0.25, 0.3) is 0 Å². The molecule has 0 saturated heterocycles. The van der Waals surface area contributed by atoms with E-state index in [1.807, 2.05) is 42.5 Å². The van der Waals surface area contributed by atoms with Crippen LogP contribution in [0.15, 0.2) is 70.3 Å². The summed E-state index contributed by atoms with van der Waals surface area (Å²) < 4.78 is 16.0. The number of hydrogen-bond acceptors (Lipinski definition) is 4. The van der Waals surface area contributed by atoms with Crippen LogP contribution in [0.1, 0.15) is 5.56 Å². The van der Waals surface area contributed by atoms with Crippen molar-refractivity contribution in [1.29, 1.82) is 0 Å². The van der Waals surface area contributed by atoms with Gasteiger partial charge in [-0.05, 0) is 42.0 Å². The minimum absolute atomic E-state index is 0.236. The maximum absolute atomic E-state index is 13.3. The molecule has 0 unspecified atom stereocenters. The maximum atomic E-state index is 13.3. The van der Waals surface area contributed by atoms with Crippen LogP contribution in [0.3, 0.4) is 0 Å². The summed E-state index contributed by atoms with van der Waals surface area (Å²) >= 11 is 4.91. The number of aromatic nitrogens is 4. The molecule has 0 spiro atoms. The number of fused-ring (bicyclic) bond motifs is 1. The minimum atomic E-state index is -0.236. The molecule has 2 heterocycles. The highest BCUT2D eigenvalue weighted by Crippen LogP contribution is 2.24. The summed E-state index contributed by atoms with van der Waals surface area (Å²) in [6, 6.07) is 18.3. The Morgan fingerprint density at radius 2 is 1.84 bits per heavy atom. The molecule has 124 valence electrons. The lowest BCUT2D eigenvalue weighted by atomic mass is 10.1. The summed E-state index contributed by atoms with van der Waals surface area (Å²) in [5, 5.41) is 13.7. The van der Waals surface area contributed by atoms with Gasteiger partial charge in [0.05, 0.1) is 5.69 Å². The van der Waals surface area contributed by atoms with Crippen LogP contribution in [0.4, 0.5) is 4.39 Å². The molecule has 0 amide bonds. The van der Waals surface area contributed by atoms with Crippen molar-refractivity contribution in [2.24, 2.45) is 0 Å². The van der Waals surface area contributed by atoms with Gasteiger partial charge in [-0.15, -0.1) is 10.2 Å². The number of hydrogen-bond donors (Lipinski definition) is 0. The van der Waals surface area contributed by atoms with Crippen LogP contribution in [0.2, 0.25) is 0 Å². The summed E-state index contributed by atoms with van der Waals surface area (Å²) in [7, 11) is 0. The zero-order valence-corrected chi connectivity index (χ0v) is 15.3. The van der Waals surface area contributed by atoms with Crippen LogP contribution in [-0.4, -0.2) is 19.8 Å². The molecule has 4 nitrogen and oxygen atoms in total. The molecule has 0 aliphatic rings. The molecule has 0 N–H and O–H groups in total. The van der Waals surface area contributed by atoms with Crippen LogP contribution < -0.4 is 0 Å². The standard InChI is InChI=1S/C18H12BrFN4S/c19-14-6-4-13(5-7-14)16-8-9-17-21-22-18(24(17)23-16)25-11-12-2-1-3-15(20)10-12/h1-10H,11H2. The van der Waals surface area contributed by atoms with Crippen molar-refractivity contribution in [2.45, 2.75) is 10.9 Å². The van der Waals surface area contributed by atoms with Crippen molar-refractivity contribution in [3.63, 3.8) is 0 Å². The van der Waals surface area contributed by atoms with E-state index in [1.165, 1.54) is 23.9 Å². The lowest BCUT2D eigenvalue weighted by molar-refractivity contribution is 0.626. The molecule has 0 fully saturated rings. The number of nitrogens with zero attached hydrogens (tertiary/aromatic N) is 4. The van der Waals surface area contributed by atoms with Crippen LogP contribution in [0, 0.1) is 5.82 Å². The predicted octanol–water partition coefficient (Wildman–Crippen LogP) is 4.99. The molecule has 2 aromatic carbocycles. The second-order valence-corrected chi connectivity index (χ2v) is 7.25. The molecule has 2 aromatic heterocycles. The van der Waals surface area contributed by atoms with Crippen molar-refractivity contribution >= 4 is 33.3 Å². The molecular weight excluding hydrogens is 403 g/mol. The molecule has 0 radical (unpaired) electrons. The Bertz CT molecular complexity index is 1030. The molecular formula is C18H12BrFN4S. The zero-order valence-electron chi connectivity index (χ0n) is 12.9. The summed E-state index contributed by atoms with van der Waals surface area (Å²) in [4.78, 5) is 0. The Morgan fingerprint density at radius 3 is 2.64 bits per heavy atom. The lowest BCUT2D eigenvalue weighted by Gasteiger charge is -2.04. The summed E-state index contributed by atoms with van der Waals surface area (Å²) in [5.74, 6) is 0.364. The Kier molecular flexibility index (Phi) is 4.50. The number of halogens is 2. The van der Waals surface area contributed by atoms with Gasteiger partial charge < -0.3 is 0 Å². The minimum Gasteiger partial charge on any atom is -0.207 e. The smallest absolute Gasteiger partial charge is 0.207 e. The molecule has 4 aromatic rings. The Morgan fingerprint density at radius 1 is 1.00 bits per heavy atom. The van der Waals surface area contributed by atoms with Gasteiger partial charge in [0.15, 0.2) is 5.65 Å². The zero-order chi connectivity index (χ0) is 17.2. The SMILES string of the molecule is Fc1cccc(CSc2nnc3ccc(-c4ccc(Br)cc4)nn23)c1. The van der Waals surface area contributed by atoms with Gasteiger partial charge in [0.2, 0.25) is 5.16 Å². The molecule has 0 atom stereocenters. The van der Waals surface area contributed by atoms with Gasteiger partial charge in [-0.1, -0.05) is 52.0 Å². The third kappa shape index (κ3) is 3.57. The fourth-order valence-electron chi connectivity index (χ4n) is 2.41. The van der Waals surface area contributed by atoms with Gasteiger partial charge in [-0.25, -0.2) is 4.39 Å². The Balaban J connectivity index is 1.63. The van der Waals surface area contributed by atoms with E-state index in [2.05, 4.69) is 31.2 Å². The van der Waals surface area contributed by atoms with E-state index in [0.29, 0.717) is 16.6 Å². The van der Waals surface area contributed by atoms with E-state index in [0.717, 1.165) is 21.3 Å². The van der Waals surface area contributed by atoms with E-state index in [4.69, 9.17) is 0 Å². The highest BCUT2D eigenvalue weighted by atomic mass is 79.9. The Labute approximate surface area is 156 Å². The topological polar surface area (TPSA) is 43.1 Å². The van der Waals surface area contributed by atoms with E-state index in [1.54, 1.807) is 10.6 Å².